The van der Waals surface area contributed by atoms with Crippen LogP contribution in [0.2, 0.25) is 0 Å². The third kappa shape index (κ3) is 4.07. The van der Waals surface area contributed by atoms with Gasteiger partial charge in [0.25, 0.3) is 0 Å². The molecule has 0 saturated heterocycles. The van der Waals surface area contributed by atoms with Crippen molar-refractivity contribution in [3.8, 4) is 5.75 Å². The second-order valence-corrected chi connectivity index (χ2v) is 11.4. The zero-order valence-electron chi connectivity index (χ0n) is 19.5. The largest absolute Gasteiger partial charge is 0.488 e. The van der Waals surface area contributed by atoms with Crippen LogP contribution >= 0.6 is 0 Å². The van der Waals surface area contributed by atoms with E-state index in [4.69, 9.17) is 4.74 Å². The van der Waals surface area contributed by atoms with Crippen LogP contribution in [0.1, 0.15) is 69.1 Å². The second kappa shape index (κ2) is 7.75. The Labute approximate surface area is 191 Å². The number of carbonyl (C=O) groups is 1. The molecule has 2 aromatic carbocycles. The van der Waals surface area contributed by atoms with E-state index in [1.165, 1.54) is 24.8 Å². The van der Waals surface area contributed by atoms with Crippen LogP contribution in [0.5, 0.6) is 5.75 Å². The zero-order valence-corrected chi connectivity index (χ0v) is 19.5. The Bertz CT molecular complexity index is 1020. The number of hydrazone groups is 1. The number of amides is 1. The predicted molar refractivity (Wildman–Crippen MR) is 128 cm³/mol. The minimum Gasteiger partial charge on any atom is -0.488 e. The van der Waals surface area contributed by atoms with Crippen molar-refractivity contribution in [2.75, 3.05) is 0 Å². The highest BCUT2D eigenvalue weighted by molar-refractivity contribution is 5.87. The molecule has 2 aromatic rings. The van der Waals surface area contributed by atoms with E-state index >= 15 is 0 Å². The Morgan fingerprint density at radius 3 is 2.41 bits per heavy atom. The summed E-state index contributed by atoms with van der Waals surface area (Å²) in [6.07, 6.45) is 8.58. The van der Waals surface area contributed by atoms with Crippen LogP contribution in [0.4, 0.5) is 0 Å². The average Bonchev–Trinajstić information content (AvgIpc) is 2.71. The topological polar surface area (TPSA) is 50.7 Å². The van der Waals surface area contributed by atoms with Gasteiger partial charge in [-0.15, -0.1) is 0 Å². The summed E-state index contributed by atoms with van der Waals surface area (Å²) in [6, 6.07) is 16.2. The maximum absolute atomic E-state index is 13.3. The lowest BCUT2D eigenvalue weighted by atomic mass is 9.40. The molecule has 4 bridgehead atoms. The number of rotatable bonds is 6. The van der Waals surface area contributed by atoms with Gasteiger partial charge in [0, 0.05) is 5.56 Å². The third-order valence-corrected chi connectivity index (χ3v) is 7.91. The molecule has 0 aromatic heterocycles. The summed E-state index contributed by atoms with van der Waals surface area (Å²) in [5.74, 6) is 1.56. The SMILES string of the molecule is Cc1ccc(COc2ccccc2/C=N/NC(=O)C23CC4CC(C)(CC(C)(C4)C2)C3)cc1. The predicted octanol–water partition coefficient (Wildman–Crippen LogP) is 6.02. The molecule has 4 nitrogen and oxygen atoms in total. The van der Waals surface area contributed by atoms with Crippen molar-refractivity contribution in [3.63, 3.8) is 0 Å². The van der Waals surface area contributed by atoms with Crippen LogP contribution < -0.4 is 10.2 Å². The lowest BCUT2D eigenvalue weighted by Gasteiger charge is -2.64. The number of benzene rings is 2. The molecule has 4 aliphatic carbocycles. The lowest BCUT2D eigenvalue weighted by molar-refractivity contribution is -0.170. The van der Waals surface area contributed by atoms with E-state index in [-0.39, 0.29) is 11.3 Å². The van der Waals surface area contributed by atoms with E-state index in [0.29, 0.717) is 23.4 Å². The lowest BCUT2D eigenvalue weighted by Crippen LogP contribution is -2.59. The van der Waals surface area contributed by atoms with Crippen LogP contribution in [0, 0.1) is 29.1 Å². The van der Waals surface area contributed by atoms with Gasteiger partial charge >= 0.3 is 0 Å². The first-order chi connectivity index (χ1) is 15.3. The normalized spacial score (nSPS) is 32.9. The highest BCUT2D eigenvalue weighted by atomic mass is 16.5. The van der Waals surface area contributed by atoms with Gasteiger partial charge in [0.15, 0.2) is 0 Å². The van der Waals surface area contributed by atoms with Gasteiger partial charge in [-0.25, -0.2) is 5.43 Å². The highest BCUT2D eigenvalue weighted by Gasteiger charge is 2.62. The minimum absolute atomic E-state index is 0.105. The Morgan fingerprint density at radius 1 is 1.03 bits per heavy atom. The van der Waals surface area contributed by atoms with E-state index in [0.717, 1.165) is 36.1 Å². The van der Waals surface area contributed by atoms with E-state index in [2.05, 4.69) is 55.6 Å². The molecular weight excluding hydrogens is 396 g/mol. The van der Waals surface area contributed by atoms with Crippen molar-refractivity contribution in [3.05, 3.63) is 65.2 Å². The minimum atomic E-state index is -0.248. The monoisotopic (exact) mass is 430 g/mol. The smallest absolute Gasteiger partial charge is 0.246 e. The van der Waals surface area contributed by atoms with Gasteiger partial charge in [-0.1, -0.05) is 55.8 Å². The molecule has 2 atom stereocenters. The maximum Gasteiger partial charge on any atom is 0.246 e. The molecule has 4 aliphatic rings. The number of hydrogen-bond donors (Lipinski definition) is 1. The molecule has 1 amide bonds. The molecule has 0 radical (unpaired) electrons. The fourth-order valence-electron chi connectivity index (χ4n) is 7.54. The van der Waals surface area contributed by atoms with Gasteiger partial charge in [-0.2, -0.15) is 5.10 Å². The summed E-state index contributed by atoms with van der Waals surface area (Å²) in [5, 5.41) is 4.37. The molecular formula is C28H34N2O2. The molecule has 0 spiro atoms. The number of aryl methyl sites for hydroxylation is 1. The molecule has 0 heterocycles. The first kappa shape index (κ1) is 21.2. The standard InChI is InChI=1S/C28H34N2O2/c1-20-8-10-21(11-9-20)16-32-24-7-5-4-6-23(24)15-29-30-25(31)28-14-22-12-26(2,18-28)17-27(3,13-22)19-28/h4-11,15,22H,12-14,16-19H2,1-3H3,(H,30,31)/b29-15+. The molecule has 4 fully saturated rings. The summed E-state index contributed by atoms with van der Waals surface area (Å²) >= 11 is 0. The molecule has 1 N–H and O–H groups in total. The van der Waals surface area contributed by atoms with Crippen molar-refractivity contribution in [1.29, 1.82) is 0 Å². The number of hydrogen-bond acceptors (Lipinski definition) is 3. The number of carbonyl (C=O) groups excluding carboxylic acids is 1. The molecule has 4 heteroatoms. The van der Waals surface area contributed by atoms with E-state index in [1.807, 2.05) is 24.3 Å². The van der Waals surface area contributed by atoms with Gasteiger partial charge in [-0.05, 0) is 79.9 Å². The highest BCUT2D eigenvalue weighted by Crippen LogP contribution is 2.69. The number of nitrogens with one attached hydrogen (secondary N) is 1. The van der Waals surface area contributed by atoms with Gasteiger partial charge < -0.3 is 4.74 Å². The third-order valence-electron chi connectivity index (χ3n) is 7.91. The first-order valence-electron chi connectivity index (χ1n) is 11.9. The van der Waals surface area contributed by atoms with Gasteiger partial charge in [0.2, 0.25) is 5.91 Å². The van der Waals surface area contributed by atoms with E-state index in [9.17, 15) is 4.79 Å². The molecule has 32 heavy (non-hydrogen) atoms. The Morgan fingerprint density at radius 2 is 1.72 bits per heavy atom. The summed E-state index contributed by atoms with van der Waals surface area (Å²) in [4.78, 5) is 13.3. The van der Waals surface area contributed by atoms with Crippen molar-refractivity contribution in [2.45, 2.75) is 65.9 Å². The van der Waals surface area contributed by atoms with Crippen molar-refractivity contribution >= 4 is 12.1 Å². The van der Waals surface area contributed by atoms with Gasteiger partial charge in [0.1, 0.15) is 12.4 Å². The molecule has 4 saturated carbocycles. The van der Waals surface area contributed by atoms with Crippen molar-refractivity contribution in [1.82, 2.24) is 5.43 Å². The summed E-state index contributed by atoms with van der Waals surface area (Å²) in [6.45, 7) is 7.36. The molecule has 2 unspecified atom stereocenters. The number of nitrogens with zero attached hydrogens (tertiary/aromatic N) is 1. The zero-order chi connectivity index (χ0) is 22.4. The van der Waals surface area contributed by atoms with E-state index in [1.54, 1.807) is 6.21 Å². The van der Waals surface area contributed by atoms with Crippen LogP contribution in [0.25, 0.3) is 0 Å². The number of para-hydroxylation sites is 1. The molecule has 6 rings (SSSR count). The van der Waals surface area contributed by atoms with Gasteiger partial charge in [0.05, 0.1) is 11.6 Å². The average molecular weight is 431 g/mol. The van der Waals surface area contributed by atoms with Crippen LogP contribution in [0.15, 0.2) is 53.6 Å². The van der Waals surface area contributed by atoms with E-state index < -0.39 is 0 Å². The molecule has 168 valence electrons. The Hall–Kier alpha value is -2.62. The first-order valence-corrected chi connectivity index (χ1v) is 11.9. The summed E-state index contributed by atoms with van der Waals surface area (Å²) in [5.41, 5.74) is 6.50. The van der Waals surface area contributed by atoms with Gasteiger partial charge in [-0.3, -0.25) is 4.79 Å². The van der Waals surface area contributed by atoms with Crippen LogP contribution in [0.3, 0.4) is 0 Å². The van der Waals surface area contributed by atoms with Crippen molar-refractivity contribution < 1.29 is 9.53 Å². The quantitative estimate of drug-likeness (QED) is 0.450. The molecule has 0 aliphatic heterocycles. The summed E-state index contributed by atoms with van der Waals surface area (Å²) in [7, 11) is 0. The Balaban J connectivity index is 1.26. The fraction of sp³-hybridized carbons (Fsp3) is 0.500. The second-order valence-electron chi connectivity index (χ2n) is 11.4. The number of ether oxygens (including phenoxy) is 1. The maximum atomic E-state index is 13.3. The van der Waals surface area contributed by atoms with Crippen molar-refractivity contribution in [2.24, 2.45) is 27.3 Å². The fourth-order valence-corrected chi connectivity index (χ4v) is 7.54. The summed E-state index contributed by atoms with van der Waals surface area (Å²) < 4.78 is 6.04. The van der Waals surface area contributed by atoms with Crippen LogP contribution in [-0.2, 0) is 11.4 Å². The Kier molecular flexibility index (Phi) is 5.15. The van der Waals surface area contributed by atoms with Crippen LogP contribution in [-0.4, -0.2) is 12.1 Å².